The second-order valence-corrected chi connectivity index (χ2v) is 5.64. The Hall–Kier alpha value is -1.43. The fraction of sp³-hybridized carbons (Fsp3) is 0.786. The average molecular weight is 281 g/mol. The van der Waals surface area contributed by atoms with E-state index in [-0.39, 0.29) is 5.91 Å². The number of hydrogen-bond donors (Lipinski definition) is 1. The molecule has 6 heteroatoms. The first-order valence-corrected chi connectivity index (χ1v) is 7.30. The molecule has 1 aromatic rings. The minimum atomic E-state index is -0.513. The molecule has 1 atom stereocenters. The van der Waals surface area contributed by atoms with Crippen molar-refractivity contribution in [2.75, 3.05) is 13.6 Å². The van der Waals surface area contributed by atoms with Crippen LogP contribution in [-0.2, 0) is 11.2 Å². The third-order valence-electron chi connectivity index (χ3n) is 3.70. The van der Waals surface area contributed by atoms with Crippen LogP contribution in [0.5, 0.6) is 0 Å². The number of rotatable bonds is 6. The molecule has 0 aliphatic heterocycles. The molecule has 1 saturated carbocycles. The van der Waals surface area contributed by atoms with Gasteiger partial charge in [-0.15, -0.1) is 10.2 Å². The average Bonchev–Trinajstić information content (AvgIpc) is 3.05. The normalized spacial score (nSPS) is 17.4. The quantitative estimate of drug-likeness (QED) is 0.854. The van der Waals surface area contributed by atoms with Gasteiger partial charge in [-0.3, -0.25) is 4.79 Å². The summed E-state index contributed by atoms with van der Waals surface area (Å²) < 4.78 is 5.64. The maximum Gasteiger partial charge on any atom is 0.222 e. The fourth-order valence-electron chi connectivity index (χ4n) is 2.61. The molecule has 2 rings (SSSR count). The van der Waals surface area contributed by atoms with Crippen LogP contribution < -0.4 is 0 Å². The van der Waals surface area contributed by atoms with E-state index in [1.165, 1.54) is 17.7 Å². The highest BCUT2D eigenvalue weighted by Gasteiger charge is 2.23. The molecule has 1 fully saturated rings. The van der Waals surface area contributed by atoms with Crippen molar-refractivity contribution in [3.05, 3.63) is 11.8 Å². The summed E-state index contributed by atoms with van der Waals surface area (Å²) in [4.78, 5) is 13.4. The Kier molecular flexibility index (Phi) is 5.11. The van der Waals surface area contributed by atoms with Gasteiger partial charge >= 0.3 is 0 Å². The second-order valence-electron chi connectivity index (χ2n) is 5.64. The molecule has 0 bridgehead atoms. The topological polar surface area (TPSA) is 79.5 Å². The highest BCUT2D eigenvalue weighted by molar-refractivity contribution is 5.76. The Balaban J connectivity index is 1.80. The van der Waals surface area contributed by atoms with Crippen molar-refractivity contribution in [2.24, 2.45) is 0 Å². The maximum absolute atomic E-state index is 11.8. The lowest BCUT2D eigenvalue weighted by Crippen LogP contribution is -2.33. The molecule has 6 nitrogen and oxygen atoms in total. The highest BCUT2D eigenvalue weighted by Crippen LogP contribution is 2.33. The van der Waals surface area contributed by atoms with E-state index in [2.05, 4.69) is 10.2 Å². The first-order chi connectivity index (χ1) is 9.56. The molecule has 1 unspecified atom stereocenters. The lowest BCUT2D eigenvalue weighted by molar-refractivity contribution is -0.131. The number of aliphatic hydroxyl groups excluding tert-OH is 1. The Bertz CT molecular complexity index is 439. The molecule has 1 N–H and O–H groups in total. The molecular weight excluding hydrogens is 258 g/mol. The number of hydrogen-bond acceptors (Lipinski definition) is 5. The minimum absolute atomic E-state index is 0.0217. The summed E-state index contributed by atoms with van der Waals surface area (Å²) in [5, 5.41) is 17.4. The summed E-state index contributed by atoms with van der Waals surface area (Å²) >= 11 is 0. The number of nitrogens with zero attached hydrogens (tertiary/aromatic N) is 3. The number of aliphatic hydroxyl groups is 1. The molecule has 1 heterocycles. The van der Waals surface area contributed by atoms with Gasteiger partial charge in [-0.05, 0) is 19.8 Å². The molecule has 1 aliphatic rings. The van der Waals surface area contributed by atoms with Gasteiger partial charge in [-0.2, -0.15) is 0 Å². The van der Waals surface area contributed by atoms with Gasteiger partial charge in [0.1, 0.15) is 0 Å². The molecule has 0 saturated heterocycles. The van der Waals surface area contributed by atoms with E-state index in [4.69, 9.17) is 4.42 Å². The zero-order valence-electron chi connectivity index (χ0n) is 12.2. The number of aryl methyl sites for hydroxylation is 1. The zero-order chi connectivity index (χ0) is 14.5. The second kappa shape index (κ2) is 6.83. The SMILES string of the molecule is CC(O)CN(C)C(=O)CCc1nnc(C2CCCC2)o1. The van der Waals surface area contributed by atoms with Crippen LogP contribution in [0.2, 0.25) is 0 Å². The van der Waals surface area contributed by atoms with Crippen LogP contribution in [0.1, 0.15) is 56.7 Å². The van der Waals surface area contributed by atoms with Crippen LogP contribution in [0, 0.1) is 0 Å². The molecular formula is C14H23N3O3. The van der Waals surface area contributed by atoms with Crippen LogP contribution >= 0.6 is 0 Å². The van der Waals surface area contributed by atoms with Crippen LogP contribution in [0.15, 0.2) is 4.42 Å². The fourth-order valence-corrected chi connectivity index (χ4v) is 2.61. The summed E-state index contributed by atoms with van der Waals surface area (Å²) in [6.07, 6.45) is 4.98. The first-order valence-electron chi connectivity index (χ1n) is 7.30. The standard InChI is InChI=1S/C14H23N3O3/c1-10(18)9-17(2)13(19)8-7-12-15-16-14(20-12)11-5-3-4-6-11/h10-11,18H,3-9H2,1-2H3. The van der Waals surface area contributed by atoms with E-state index in [0.29, 0.717) is 31.2 Å². The van der Waals surface area contributed by atoms with Crippen LogP contribution in [-0.4, -0.2) is 45.8 Å². The highest BCUT2D eigenvalue weighted by atomic mass is 16.4. The predicted molar refractivity (Wildman–Crippen MR) is 73.1 cm³/mol. The van der Waals surface area contributed by atoms with Crippen LogP contribution in [0.4, 0.5) is 0 Å². The van der Waals surface area contributed by atoms with Crippen LogP contribution in [0.25, 0.3) is 0 Å². The molecule has 1 aromatic heterocycles. The van der Waals surface area contributed by atoms with E-state index in [1.807, 2.05) is 0 Å². The summed E-state index contributed by atoms with van der Waals surface area (Å²) in [6.45, 7) is 2.01. The van der Waals surface area contributed by atoms with Crippen molar-refractivity contribution in [2.45, 2.75) is 57.5 Å². The smallest absolute Gasteiger partial charge is 0.222 e. The Morgan fingerprint density at radius 3 is 2.80 bits per heavy atom. The third kappa shape index (κ3) is 4.03. The summed E-state index contributed by atoms with van der Waals surface area (Å²) in [7, 11) is 1.69. The van der Waals surface area contributed by atoms with Crippen LogP contribution in [0.3, 0.4) is 0 Å². The first kappa shape index (κ1) is 15.0. The molecule has 112 valence electrons. The van der Waals surface area contributed by atoms with Crippen molar-refractivity contribution in [3.63, 3.8) is 0 Å². The monoisotopic (exact) mass is 281 g/mol. The maximum atomic E-state index is 11.8. The Morgan fingerprint density at radius 1 is 1.45 bits per heavy atom. The van der Waals surface area contributed by atoms with E-state index in [9.17, 15) is 9.90 Å². The van der Waals surface area contributed by atoms with Gasteiger partial charge in [0, 0.05) is 32.4 Å². The molecule has 1 amide bonds. The van der Waals surface area contributed by atoms with Crippen molar-refractivity contribution >= 4 is 5.91 Å². The van der Waals surface area contributed by atoms with Gasteiger partial charge < -0.3 is 14.4 Å². The summed E-state index contributed by atoms with van der Waals surface area (Å²) in [5.41, 5.74) is 0. The summed E-state index contributed by atoms with van der Waals surface area (Å²) in [6, 6.07) is 0. The lowest BCUT2D eigenvalue weighted by atomic mass is 10.1. The molecule has 0 aromatic carbocycles. The zero-order valence-corrected chi connectivity index (χ0v) is 12.2. The van der Waals surface area contributed by atoms with Gasteiger partial charge in [0.25, 0.3) is 0 Å². The van der Waals surface area contributed by atoms with Gasteiger partial charge in [-0.1, -0.05) is 12.8 Å². The van der Waals surface area contributed by atoms with Crippen molar-refractivity contribution in [1.82, 2.24) is 15.1 Å². The lowest BCUT2D eigenvalue weighted by Gasteiger charge is -2.18. The van der Waals surface area contributed by atoms with E-state index in [0.717, 1.165) is 18.7 Å². The number of aromatic nitrogens is 2. The molecule has 0 radical (unpaired) electrons. The molecule has 20 heavy (non-hydrogen) atoms. The largest absolute Gasteiger partial charge is 0.425 e. The summed E-state index contributed by atoms with van der Waals surface area (Å²) in [5.74, 6) is 1.64. The van der Waals surface area contributed by atoms with Gasteiger partial charge in [0.15, 0.2) is 0 Å². The van der Waals surface area contributed by atoms with Crippen molar-refractivity contribution in [1.29, 1.82) is 0 Å². The molecule has 1 aliphatic carbocycles. The predicted octanol–water partition coefficient (Wildman–Crippen LogP) is 1.50. The van der Waals surface area contributed by atoms with Gasteiger partial charge in [0.2, 0.25) is 17.7 Å². The Labute approximate surface area is 119 Å². The number of carbonyl (C=O) groups is 1. The van der Waals surface area contributed by atoms with Gasteiger partial charge in [0.05, 0.1) is 6.10 Å². The van der Waals surface area contributed by atoms with E-state index >= 15 is 0 Å². The minimum Gasteiger partial charge on any atom is -0.425 e. The van der Waals surface area contributed by atoms with E-state index < -0.39 is 6.10 Å². The number of carbonyl (C=O) groups excluding carboxylic acids is 1. The third-order valence-corrected chi connectivity index (χ3v) is 3.70. The molecule has 0 spiro atoms. The van der Waals surface area contributed by atoms with Crippen molar-refractivity contribution in [3.8, 4) is 0 Å². The van der Waals surface area contributed by atoms with Gasteiger partial charge in [-0.25, -0.2) is 0 Å². The number of likely N-dealkylation sites (N-methyl/N-ethyl adjacent to an activating group) is 1. The number of amides is 1. The van der Waals surface area contributed by atoms with Crippen molar-refractivity contribution < 1.29 is 14.3 Å². The Morgan fingerprint density at radius 2 is 2.15 bits per heavy atom. The van der Waals surface area contributed by atoms with E-state index in [1.54, 1.807) is 14.0 Å².